The summed E-state index contributed by atoms with van der Waals surface area (Å²) in [6, 6.07) is 39.8. The average molecular weight is 967 g/mol. The molecule has 0 radical (unpaired) electrons. The van der Waals surface area contributed by atoms with Crippen molar-refractivity contribution in [2.75, 3.05) is 0 Å². The fourth-order valence-electron chi connectivity index (χ4n) is 7.66. The molecule has 0 spiro atoms. The van der Waals surface area contributed by atoms with E-state index in [4.69, 9.17) is 1.12 Å². The van der Waals surface area contributed by atoms with Gasteiger partial charge in [-0.2, -0.15) is 0 Å². The highest BCUT2D eigenvalue weighted by atomic mass is 32.7. The van der Waals surface area contributed by atoms with Gasteiger partial charge in [-0.1, -0.05) is 66.2 Å². The molecule has 0 aliphatic carbocycles. The number of fused-ring (bicyclic) bond motifs is 8. The first-order valence-electron chi connectivity index (χ1n) is 19.4. The first-order chi connectivity index (χ1) is 30.7. The van der Waals surface area contributed by atoms with Crippen LogP contribution in [0.15, 0.2) is 160 Å². The molecule has 64 heavy (non-hydrogen) atoms. The van der Waals surface area contributed by atoms with E-state index in [-0.39, 0.29) is 9.79 Å². The molecule has 1 aliphatic heterocycles. The van der Waals surface area contributed by atoms with Gasteiger partial charge in [-0.15, -0.1) is 1.12 Å². The van der Waals surface area contributed by atoms with Crippen molar-refractivity contribution in [3.05, 3.63) is 218 Å². The molecule has 0 amide bonds. The maximum Gasteiger partial charge on any atom is 0.124 e. The van der Waals surface area contributed by atoms with Crippen molar-refractivity contribution in [2.45, 2.75) is 21.6 Å². The van der Waals surface area contributed by atoms with Crippen LogP contribution in [0.4, 0.5) is 0 Å². The summed E-state index contributed by atoms with van der Waals surface area (Å²) < 4.78 is 114. The van der Waals surface area contributed by atoms with Crippen molar-refractivity contribution >= 4 is 78.7 Å². The van der Waals surface area contributed by atoms with Crippen molar-refractivity contribution < 1.29 is 38.9 Å². The van der Waals surface area contributed by atoms with Crippen LogP contribution in [0.2, 0.25) is 0 Å². The molecular weight excluding hydrogens is 931 g/mol. The molecule has 0 atom stereocenters. The minimum atomic E-state index is -4.75. The molecule has 13 nitrogen and oxygen atoms in total. The Morgan fingerprint density at radius 1 is 0.391 bits per heavy atom. The summed E-state index contributed by atoms with van der Waals surface area (Å²) in [4.78, 5) is 13.0. The van der Waals surface area contributed by atoms with Gasteiger partial charge in [0, 0.05) is 66.5 Å². The normalized spacial score (nSPS) is 13.4. The van der Waals surface area contributed by atoms with Crippen LogP contribution in [0, 0.1) is 6.92 Å². The van der Waals surface area contributed by atoms with E-state index in [0.29, 0.717) is 66.5 Å². The van der Waals surface area contributed by atoms with Gasteiger partial charge in [0.1, 0.15) is 30.4 Å². The Balaban J connectivity index is 0.00000138. The van der Waals surface area contributed by atoms with Crippen LogP contribution in [0.3, 0.4) is 0 Å². The minimum Gasteiger partial charge on any atom is -0.744 e. The van der Waals surface area contributed by atoms with Gasteiger partial charge in [0.15, 0.2) is 0 Å². The topological polar surface area (TPSA) is 235 Å². The lowest BCUT2D eigenvalue weighted by Gasteiger charge is -2.12. The smallest absolute Gasteiger partial charge is 0.124 e. The fourth-order valence-corrected chi connectivity index (χ4v) is 9.06. The van der Waals surface area contributed by atoms with Crippen molar-refractivity contribution in [3.8, 4) is 0 Å². The van der Waals surface area contributed by atoms with Crippen LogP contribution in [0.1, 0.15) is 50.6 Å². The number of thiol groups is 1. The maximum atomic E-state index is 11.9. The third-order valence-electron chi connectivity index (χ3n) is 10.5. The number of aromatic nitrogens is 4. The highest BCUT2D eigenvalue weighted by Gasteiger charge is 2.19. The van der Waals surface area contributed by atoms with Gasteiger partial charge < -0.3 is 43.6 Å². The molecule has 0 saturated heterocycles. The van der Waals surface area contributed by atoms with E-state index in [0.717, 1.165) is 27.7 Å². The zero-order valence-electron chi connectivity index (χ0n) is 34.2. The molecule has 4 aromatic heterocycles. The molecule has 5 heterocycles. The number of benzene rings is 4. The Bertz CT molecular complexity index is 3830. The number of aryl methyl sites for hydroxylation is 1. The Kier molecular flexibility index (Phi) is 11.9. The number of hydrogen-bond donors (Lipinski definition) is 4. The number of nitrogens with one attached hydrogen (secondary N) is 4. The third kappa shape index (κ3) is 9.22. The van der Waals surface area contributed by atoms with Gasteiger partial charge in [-0.05, 0) is 114 Å². The summed E-state index contributed by atoms with van der Waals surface area (Å²) in [5, 5.41) is 2.52. The van der Waals surface area contributed by atoms with Crippen LogP contribution in [-0.2, 0) is 40.4 Å². The van der Waals surface area contributed by atoms with Gasteiger partial charge in [-0.3, -0.25) is 16.0 Å². The Labute approximate surface area is 375 Å². The van der Waals surface area contributed by atoms with E-state index in [1.54, 1.807) is 24.3 Å². The van der Waals surface area contributed by atoms with E-state index < -0.39 is 45.3 Å². The van der Waals surface area contributed by atoms with Crippen LogP contribution < -0.4 is 21.4 Å². The quantitative estimate of drug-likeness (QED) is 0.0773. The van der Waals surface area contributed by atoms with Crippen LogP contribution in [0.5, 0.6) is 0 Å². The Morgan fingerprint density at radius 3 is 0.828 bits per heavy atom. The summed E-state index contributed by atoms with van der Waals surface area (Å²) >= 11 is 0. The number of rotatable bonds is 7. The van der Waals surface area contributed by atoms with Gasteiger partial charge in [0.25, 0.3) is 0 Å². The van der Waals surface area contributed by atoms with Gasteiger partial charge in [-0.25, -0.2) is 25.3 Å². The zero-order valence-corrected chi connectivity index (χ0v) is 38.4. The summed E-state index contributed by atoms with van der Waals surface area (Å²) in [7, 11) is -8.87. The van der Waals surface area contributed by atoms with Crippen molar-refractivity contribution in [1.82, 2.24) is 19.9 Å². The molecule has 19 heteroatoms. The summed E-state index contributed by atoms with van der Waals surface area (Å²) in [6.07, 6.45) is 0. The highest BCUT2D eigenvalue weighted by Crippen LogP contribution is 2.29. The van der Waals surface area contributed by atoms with Crippen LogP contribution >= 0.6 is 16.0 Å². The Hall–Kier alpha value is -5.84. The number of H-pyrrole nitrogens is 4. The van der Waals surface area contributed by atoms with Crippen LogP contribution in [-0.4, -0.2) is 60.0 Å². The predicted octanol–water partition coefficient (Wildman–Crippen LogP) is 4.24. The second-order valence-electron chi connectivity index (χ2n) is 14.5. The summed E-state index contributed by atoms with van der Waals surface area (Å²) in [5.41, 5.74) is 8.81. The van der Waals surface area contributed by atoms with Crippen molar-refractivity contribution in [3.63, 3.8) is 0 Å². The number of hydrogen-bond acceptors (Lipinski definition) is 10. The van der Waals surface area contributed by atoms with Gasteiger partial charge in [0.2, 0.25) is 0 Å². The van der Waals surface area contributed by atoms with Crippen molar-refractivity contribution in [2.24, 2.45) is 0 Å². The Morgan fingerprint density at radius 2 is 0.609 bits per heavy atom. The molecule has 8 aromatic rings. The van der Waals surface area contributed by atoms with E-state index in [2.05, 4.69) is 36.0 Å². The lowest BCUT2D eigenvalue weighted by molar-refractivity contribution is 0.461. The zero-order chi connectivity index (χ0) is 46.4. The summed E-state index contributed by atoms with van der Waals surface area (Å²) in [6.45, 7) is 1.99. The number of aromatic amines is 4. The monoisotopic (exact) mass is 966 g/mol. The molecule has 1 aliphatic rings. The van der Waals surface area contributed by atoms with E-state index in [9.17, 15) is 38.9 Å². The molecule has 0 fully saturated rings. The van der Waals surface area contributed by atoms with E-state index in [1.807, 2.05) is 79.7 Å². The fraction of sp³-hybridized carbons (Fsp3) is 0.0222. The third-order valence-corrected chi connectivity index (χ3v) is 13.1. The largest absolute Gasteiger partial charge is 0.744 e. The lowest BCUT2D eigenvalue weighted by Crippen LogP contribution is -2.19. The standard InChI is InChI=1S/C45H34N4O9S3.H3P2S/c1-26-2-4-27(5-3-26)42-34-18-20-36(46-34)43(28-6-12-31(13-7-28)59(50,51)52)38-22-24-40(48-38)45(30-10-16-33(17-11-30)61(56,57)58)41-25-23-39(49-41)44(37-21-19-35(42)47-37)29-8-14-32(15-9-29)60(53,54)55;1-3-2/h2-25,46-49H,1H3,(H,50,51,52)(H,53,54,55)(H,56,57,58);1-3H/q;-1/p-3/i;3T. The maximum absolute atomic E-state index is 11.9. The molecule has 4 aromatic carbocycles. The average Bonchev–Trinajstić information content (AvgIpc) is 4.09. The van der Waals surface area contributed by atoms with E-state index in [1.165, 1.54) is 48.5 Å². The molecule has 326 valence electrons. The second kappa shape index (κ2) is 17.6. The van der Waals surface area contributed by atoms with Gasteiger partial charge in [0.05, 0.1) is 14.7 Å². The molecule has 0 saturated carbocycles. The van der Waals surface area contributed by atoms with Crippen molar-refractivity contribution in [1.29, 1.82) is 1.12 Å². The predicted molar refractivity (Wildman–Crippen MR) is 248 cm³/mol. The van der Waals surface area contributed by atoms with E-state index >= 15 is 0 Å². The first kappa shape index (κ1) is 43.4. The molecule has 8 bridgehead atoms. The SMILES string of the molecule is Cc1ccc(C2=c3ccc([nH]3)=C(c3ccc(S(=O)(=O)[O-])cc3)c3ccc([nH]3)C(c3ccc(S(=O)(=O)[O-])cc3)=c3ccc([nH]3)=C(c3ccc(S(=O)(=O)[O-])cc3)c3ccc2[nH]3)cc1.[3H][S-](=P)=P. The first-order valence-corrected chi connectivity index (χ1v) is 26.4. The minimum absolute atomic E-state index is 0.383. The van der Waals surface area contributed by atoms with Gasteiger partial charge >= 0.3 is 0 Å². The molecular formula is C45H34N4O9P2S4-4. The molecule has 4 N–H and O–H groups in total. The molecule has 9 rings (SSSR count). The lowest BCUT2D eigenvalue weighted by atomic mass is 10.0. The summed E-state index contributed by atoms with van der Waals surface area (Å²) in [5.74, 6) is 0. The second-order valence-corrected chi connectivity index (χ2v) is 21.3. The molecule has 0 unspecified atom stereocenters. The van der Waals surface area contributed by atoms with Crippen LogP contribution in [0.25, 0.3) is 22.3 Å². The highest BCUT2D eigenvalue weighted by molar-refractivity contribution is 8.17.